The standard InChI is InChI=1S/C22H33N7O/c1-3-24-22(26-14-20-9-10-27-28(20)2)25-13-17-6-4-7-18(12-17)15-29-11-5-8-19(16-29)21(23)30/h4,6-7,9-10,12,19H,3,5,8,11,13-16H2,1-2H3,(H2,23,30)(H2,24,25,26). The number of benzene rings is 1. The van der Waals surface area contributed by atoms with Crippen molar-refractivity contribution in [2.24, 2.45) is 23.7 Å². The maximum atomic E-state index is 11.5. The fourth-order valence-corrected chi connectivity index (χ4v) is 3.78. The minimum atomic E-state index is -0.183. The van der Waals surface area contributed by atoms with Crippen molar-refractivity contribution in [2.75, 3.05) is 19.6 Å². The number of guanidine groups is 1. The molecule has 2 heterocycles. The van der Waals surface area contributed by atoms with Crippen LogP contribution < -0.4 is 16.4 Å². The van der Waals surface area contributed by atoms with Crippen molar-refractivity contribution in [1.29, 1.82) is 0 Å². The van der Waals surface area contributed by atoms with Crippen LogP contribution in [0.2, 0.25) is 0 Å². The van der Waals surface area contributed by atoms with Gasteiger partial charge in [0.05, 0.1) is 24.7 Å². The van der Waals surface area contributed by atoms with Gasteiger partial charge in [-0.1, -0.05) is 24.3 Å². The van der Waals surface area contributed by atoms with Gasteiger partial charge in [-0.15, -0.1) is 0 Å². The van der Waals surface area contributed by atoms with Gasteiger partial charge >= 0.3 is 0 Å². The summed E-state index contributed by atoms with van der Waals surface area (Å²) < 4.78 is 1.85. The van der Waals surface area contributed by atoms with Crippen molar-refractivity contribution in [1.82, 2.24) is 25.3 Å². The van der Waals surface area contributed by atoms with Crippen LogP contribution in [0.5, 0.6) is 0 Å². The van der Waals surface area contributed by atoms with Crippen LogP contribution in [0.25, 0.3) is 0 Å². The van der Waals surface area contributed by atoms with E-state index in [1.807, 2.05) is 17.8 Å². The summed E-state index contributed by atoms with van der Waals surface area (Å²) in [6.45, 7) is 6.71. The quantitative estimate of drug-likeness (QED) is 0.450. The predicted molar refractivity (Wildman–Crippen MR) is 119 cm³/mol. The van der Waals surface area contributed by atoms with Crippen LogP contribution in [-0.4, -0.2) is 46.2 Å². The number of carbonyl (C=O) groups excluding carboxylic acids is 1. The average Bonchev–Trinajstić information content (AvgIpc) is 3.15. The first kappa shape index (κ1) is 21.8. The summed E-state index contributed by atoms with van der Waals surface area (Å²) in [7, 11) is 1.93. The number of piperidine rings is 1. The maximum absolute atomic E-state index is 11.5. The summed E-state index contributed by atoms with van der Waals surface area (Å²) in [5.74, 6) is 0.571. The van der Waals surface area contributed by atoms with Crippen LogP contribution in [0.3, 0.4) is 0 Å². The first-order chi connectivity index (χ1) is 14.5. The van der Waals surface area contributed by atoms with E-state index in [0.717, 1.165) is 56.2 Å². The van der Waals surface area contributed by atoms with Crippen molar-refractivity contribution in [3.63, 3.8) is 0 Å². The SMILES string of the molecule is CCNC(=NCc1cccc(CN2CCCC(C(N)=O)C2)c1)NCc1ccnn1C. The molecular formula is C22H33N7O. The van der Waals surface area contributed by atoms with Gasteiger partial charge in [0, 0.05) is 32.9 Å². The van der Waals surface area contributed by atoms with Crippen molar-refractivity contribution in [3.8, 4) is 0 Å². The highest BCUT2D eigenvalue weighted by atomic mass is 16.1. The number of aliphatic imine (C=N–C) groups is 1. The number of hydrogen-bond acceptors (Lipinski definition) is 4. The number of primary amides is 1. The molecule has 2 aromatic rings. The van der Waals surface area contributed by atoms with Gasteiger partial charge in [-0.3, -0.25) is 14.4 Å². The molecule has 3 rings (SSSR count). The lowest BCUT2D eigenvalue weighted by molar-refractivity contribution is -0.123. The summed E-state index contributed by atoms with van der Waals surface area (Å²) in [5, 5.41) is 10.8. The topological polar surface area (TPSA) is 101 Å². The molecule has 0 radical (unpaired) electrons. The van der Waals surface area contributed by atoms with Crippen LogP contribution in [0, 0.1) is 5.92 Å². The van der Waals surface area contributed by atoms with Gasteiger partial charge in [-0.05, 0) is 43.5 Å². The zero-order chi connectivity index (χ0) is 21.3. The molecule has 1 atom stereocenters. The molecule has 1 saturated heterocycles. The van der Waals surface area contributed by atoms with Gasteiger partial charge in [-0.2, -0.15) is 5.10 Å². The van der Waals surface area contributed by atoms with Gasteiger partial charge in [0.25, 0.3) is 0 Å². The number of aryl methyl sites for hydroxylation is 1. The number of nitrogens with one attached hydrogen (secondary N) is 2. The second-order valence-corrected chi connectivity index (χ2v) is 7.79. The van der Waals surface area contributed by atoms with Crippen molar-refractivity contribution in [3.05, 3.63) is 53.3 Å². The van der Waals surface area contributed by atoms with Gasteiger partial charge in [0.15, 0.2) is 5.96 Å². The van der Waals surface area contributed by atoms with Gasteiger partial charge < -0.3 is 16.4 Å². The number of amides is 1. The molecule has 0 bridgehead atoms. The third-order valence-corrected chi connectivity index (χ3v) is 5.43. The van der Waals surface area contributed by atoms with Crippen molar-refractivity contribution in [2.45, 2.75) is 39.4 Å². The van der Waals surface area contributed by atoms with E-state index in [1.165, 1.54) is 5.56 Å². The molecule has 1 aliphatic rings. The zero-order valence-electron chi connectivity index (χ0n) is 18.0. The lowest BCUT2D eigenvalue weighted by atomic mass is 9.97. The third kappa shape index (κ3) is 6.32. The molecule has 1 amide bonds. The Balaban J connectivity index is 1.58. The van der Waals surface area contributed by atoms with Crippen LogP contribution in [0.4, 0.5) is 0 Å². The summed E-state index contributed by atoms with van der Waals surface area (Å²) in [6.07, 6.45) is 3.71. The zero-order valence-corrected chi connectivity index (χ0v) is 18.0. The molecule has 1 aromatic heterocycles. The molecule has 162 valence electrons. The molecule has 0 saturated carbocycles. The Morgan fingerprint density at radius 3 is 2.87 bits per heavy atom. The lowest BCUT2D eigenvalue weighted by Gasteiger charge is -2.31. The van der Waals surface area contributed by atoms with Gasteiger partial charge in [-0.25, -0.2) is 4.99 Å². The maximum Gasteiger partial charge on any atom is 0.221 e. The summed E-state index contributed by atoms with van der Waals surface area (Å²) >= 11 is 0. The van der Waals surface area contributed by atoms with E-state index in [4.69, 9.17) is 10.7 Å². The van der Waals surface area contributed by atoms with Gasteiger partial charge in [0.2, 0.25) is 5.91 Å². The molecule has 4 N–H and O–H groups in total. The smallest absolute Gasteiger partial charge is 0.221 e. The van der Waals surface area contributed by atoms with E-state index in [9.17, 15) is 4.79 Å². The number of nitrogens with zero attached hydrogens (tertiary/aromatic N) is 4. The molecule has 0 aliphatic carbocycles. The minimum Gasteiger partial charge on any atom is -0.369 e. The first-order valence-electron chi connectivity index (χ1n) is 10.6. The fourth-order valence-electron chi connectivity index (χ4n) is 3.78. The van der Waals surface area contributed by atoms with E-state index < -0.39 is 0 Å². The number of likely N-dealkylation sites (tertiary alicyclic amines) is 1. The molecule has 0 spiro atoms. The van der Waals surface area contributed by atoms with E-state index in [0.29, 0.717) is 13.1 Å². The minimum absolute atomic E-state index is 0.0280. The molecule has 1 unspecified atom stereocenters. The molecule has 30 heavy (non-hydrogen) atoms. The summed E-state index contributed by atoms with van der Waals surface area (Å²) in [5.41, 5.74) is 9.00. The van der Waals surface area contributed by atoms with Crippen LogP contribution >= 0.6 is 0 Å². The van der Waals surface area contributed by atoms with Crippen molar-refractivity contribution >= 4 is 11.9 Å². The lowest BCUT2D eigenvalue weighted by Crippen LogP contribution is -2.40. The highest BCUT2D eigenvalue weighted by Gasteiger charge is 2.23. The van der Waals surface area contributed by atoms with Crippen molar-refractivity contribution < 1.29 is 4.79 Å². The molecule has 1 aromatic carbocycles. The Kier molecular flexibility index (Phi) is 7.84. The Morgan fingerprint density at radius 2 is 2.13 bits per heavy atom. The van der Waals surface area contributed by atoms with Crippen LogP contribution in [-0.2, 0) is 31.5 Å². The summed E-state index contributed by atoms with van der Waals surface area (Å²) in [4.78, 5) is 18.6. The second kappa shape index (κ2) is 10.8. The van der Waals surface area contributed by atoms with E-state index in [1.54, 1.807) is 6.20 Å². The Labute approximate surface area is 178 Å². The number of rotatable bonds is 8. The normalized spacial score (nSPS) is 17.7. The Bertz CT molecular complexity index is 861. The second-order valence-electron chi connectivity index (χ2n) is 7.79. The number of carbonyl (C=O) groups is 1. The van der Waals surface area contributed by atoms with Crippen LogP contribution in [0.15, 0.2) is 41.5 Å². The molecule has 8 nitrogen and oxygen atoms in total. The predicted octanol–water partition coefficient (Wildman–Crippen LogP) is 1.37. The summed E-state index contributed by atoms with van der Waals surface area (Å²) in [6, 6.07) is 10.5. The monoisotopic (exact) mass is 411 g/mol. The van der Waals surface area contributed by atoms with E-state index in [2.05, 4.69) is 51.8 Å². The third-order valence-electron chi connectivity index (χ3n) is 5.43. The molecule has 1 fully saturated rings. The van der Waals surface area contributed by atoms with Crippen LogP contribution in [0.1, 0.15) is 36.6 Å². The largest absolute Gasteiger partial charge is 0.369 e. The highest BCUT2D eigenvalue weighted by Crippen LogP contribution is 2.19. The van der Waals surface area contributed by atoms with E-state index in [-0.39, 0.29) is 11.8 Å². The average molecular weight is 412 g/mol. The fraction of sp³-hybridized carbons (Fsp3) is 0.500. The first-order valence-corrected chi connectivity index (χ1v) is 10.6. The Hall–Kier alpha value is -2.87. The number of hydrogen-bond donors (Lipinski definition) is 3. The molecular weight excluding hydrogens is 378 g/mol. The van der Waals surface area contributed by atoms with Gasteiger partial charge in [0.1, 0.15) is 0 Å². The molecule has 1 aliphatic heterocycles. The van der Waals surface area contributed by atoms with E-state index >= 15 is 0 Å². The highest BCUT2D eigenvalue weighted by molar-refractivity contribution is 5.79. The Morgan fingerprint density at radius 1 is 1.30 bits per heavy atom. The number of aromatic nitrogens is 2. The molecule has 8 heteroatoms. The number of nitrogens with two attached hydrogens (primary N) is 1.